The van der Waals surface area contributed by atoms with E-state index in [0.29, 0.717) is 23.0 Å². The Morgan fingerprint density at radius 2 is 1.95 bits per heavy atom. The predicted molar refractivity (Wildman–Crippen MR) is 82.5 cm³/mol. The van der Waals surface area contributed by atoms with Crippen LogP contribution in [0.25, 0.3) is 0 Å². The first-order chi connectivity index (χ1) is 9.93. The Balaban J connectivity index is 2.35. The van der Waals surface area contributed by atoms with Gasteiger partial charge in [-0.05, 0) is 12.5 Å². The van der Waals surface area contributed by atoms with Gasteiger partial charge in [0.25, 0.3) is 5.91 Å². The van der Waals surface area contributed by atoms with E-state index in [-0.39, 0.29) is 29.9 Å². The number of benzene rings is 1. The van der Waals surface area contributed by atoms with E-state index in [1.165, 1.54) is 19.2 Å². The van der Waals surface area contributed by atoms with Crippen LogP contribution in [0.3, 0.4) is 0 Å². The van der Waals surface area contributed by atoms with E-state index < -0.39 is 6.10 Å². The fourth-order valence-electron chi connectivity index (χ4n) is 1.46. The van der Waals surface area contributed by atoms with Gasteiger partial charge in [-0.15, -0.1) is 0 Å². The highest BCUT2D eigenvalue weighted by molar-refractivity contribution is 6.43. The maximum atomic E-state index is 11.6. The molecule has 8 heteroatoms. The second-order valence-electron chi connectivity index (χ2n) is 4.23. The van der Waals surface area contributed by atoms with Gasteiger partial charge in [0.15, 0.2) is 6.61 Å². The number of hydrogen-bond acceptors (Lipinski definition) is 4. The second kappa shape index (κ2) is 9.33. The van der Waals surface area contributed by atoms with Gasteiger partial charge in [0.2, 0.25) is 0 Å². The molecule has 0 spiro atoms. The molecule has 118 valence electrons. The number of nitrogens with one attached hydrogen (secondary N) is 1. The minimum Gasteiger partial charge on any atom is -0.482 e. The first kappa shape index (κ1) is 18.3. The number of ether oxygens (including phenoxy) is 2. The molecule has 0 saturated carbocycles. The number of carbonyl (C=O) groups excluding carboxylic acids is 1. The fourth-order valence-corrected chi connectivity index (χ4v) is 2.05. The Morgan fingerprint density at radius 3 is 2.62 bits per heavy atom. The third kappa shape index (κ3) is 6.72. The lowest BCUT2D eigenvalue weighted by atomic mass is 10.2. The normalized spacial score (nSPS) is 12.0. The van der Waals surface area contributed by atoms with Gasteiger partial charge in [0.1, 0.15) is 5.75 Å². The van der Waals surface area contributed by atoms with Crippen molar-refractivity contribution in [2.24, 2.45) is 0 Å². The number of carbonyl (C=O) groups is 1. The van der Waals surface area contributed by atoms with E-state index in [1.807, 2.05) is 0 Å². The van der Waals surface area contributed by atoms with Crippen molar-refractivity contribution in [3.8, 4) is 5.75 Å². The highest BCUT2D eigenvalue weighted by Crippen LogP contribution is 2.33. The molecule has 0 fully saturated rings. The maximum absolute atomic E-state index is 11.6. The van der Waals surface area contributed by atoms with Crippen LogP contribution in [0, 0.1) is 0 Å². The van der Waals surface area contributed by atoms with Crippen molar-refractivity contribution >= 4 is 40.7 Å². The van der Waals surface area contributed by atoms with Crippen LogP contribution in [-0.2, 0) is 9.53 Å². The minimum absolute atomic E-state index is 0.210. The van der Waals surface area contributed by atoms with Crippen LogP contribution in [0.4, 0.5) is 0 Å². The number of aliphatic hydroxyl groups excluding tert-OH is 1. The Labute approximate surface area is 138 Å². The summed E-state index contributed by atoms with van der Waals surface area (Å²) >= 11 is 17.5. The van der Waals surface area contributed by atoms with Crippen molar-refractivity contribution in [2.45, 2.75) is 12.5 Å². The molecular weight excluding hydrogens is 341 g/mol. The molecule has 0 saturated heterocycles. The largest absolute Gasteiger partial charge is 0.482 e. The Bertz CT molecular complexity index is 485. The molecule has 1 rings (SSSR count). The van der Waals surface area contributed by atoms with E-state index in [2.05, 4.69) is 5.32 Å². The van der Waals surface area contributed by atoms with Crippen LogP contribution in [-0.4, -0.2) is 44.0 Å². The molecule has 1 atom stereocenters. The fraction of sp³-hybridized carbons (Fsp3) is 0.462. The summed E-state index contributed by atoms with van der Waals surface area (Å²) in [5.74, 6) is -0.0533. The predicted octanol–water partition coefficient (Wildman–Crippen LogP) is 2.54. The summed E-state index contributed by atoms with van der Waals surface area (Å²) in [7, 11) is 1.50. The molecule has 0 aromatic heterocycles. The van der Waals surface area contributed by atoms with E-state index >= 15 is 0 Å². The van der Waals surface area contributed by atoms with E-state index in [4.69, 9.17) is 44.3 Å². The average Bonchev–Trinajstić information content (AvgIpc) is 2.41. The zero-order valence-electron chi connectivity index (χ0n) is 11.4. The number of methoxy groups -OCH3 is 1. The molecule has 0 heterocycles. The van der Waals surface area contributed by atoms with Crippen LogP contribution in [0.5, 0.6) is 5.75 Å². The van der Waals surface area contributed by atoms with Crippen molar-refractivity contribution in [2.75, 3.05) is 26.9 Å². The molecule has 0 aliphatic heterocycles. The lowest BCUT2D eigenvalue weighted by molar-refractivity contribution is -0.123. The van der Waals surface area contributed by atoms with Gasteiger partial charge in [-0.25, -0.2) is 0 Å². The van der Waals surface area contributed by atoms with Crippen LogP contribution in [0.2, 0.25) is 15.1 Å². The quantitative estimate of drug-likeness (QED) is 0.702. The average molecular weight is 357 g/mol. The lowest BCUT2D eigenvalue weighted by Gasteiger charge is -2.11. The zero-order chi connectivity index (χ0) is 15.8. The molecular formula is C13H16Cl3NO4. The summed E-state index contributed by atoms with van der Waals surface area (Å²) in [5, 5.41) is 12.9. The molecule has 21 heavy (non-hydrogen) atoms. The standard InChI is InChI=1S/C13H16Cl3NO4/c1-20-6-8(18)2-3-17-13(19)7-21-12-5-10(15)9(14)4-11(12)16/h4-5,8,18H,2-3,6-7H2,1H3,(H,17,19). The van der Waals surface area contributed by atoms with Crippen LogP contribution < -0.4 is 10.1 Å². The SMILES string of the molecule is COCC(O)CCNC(=O)COc1cc(Cl)c(Cl)cc1Cl. The van der Waals surface area contributed by atoms with Gasteiger partial charge in [-0.2, -0.15) is 0 Å². The van der Waals surface area contributed by atoms with Gasteiger partial charge in [-0.1, -0.05) is 34.8 Å². The molecule has 0 radical (unpaired) electrons. The molecule has 1 aromatic carbocycles. The monoisotopic (exact) mass is 355 g/mol. The number of aliphatic hydroxyl groups is 1. The Kier molecular flexibility index (Phi) is 8.14. The number of halogens is 3. The van der Waals surface area contributed by atoms with Crippen LogP contribution >= 0.6 is 34.8 Å². The van der Waals surface area contributed by atoms with Crippen molar-refractivity contribution in [1.29, 1.82) is 0 Å². The number of rotatable bonds is 8. The Morgan fingerprint density at radius 1 is 1.29 bits per heavy atom. The Hall–Kier alpha value is -0.720. The molecule has 1 unspecified atom stereocenters. The van der Waals surface area contributed by atoms with Crippen molar-refractivity contribution < 1.29 is 19.4 Å². The van der Waals surface area contributed by atoms with Crippen molar-refractivity contribution in [3.63, 3.8) is 0 Å². The number of hydrogen-bond donors (Lipinski definition) is 2. The molecule has 0 aliphatic carbocycles. The van der Waals surface area contributed by atoms with E-state index in [9.17, 15) is 9.90 Å². The topological polar surface area (TPSA) is 67.8 Å². The third-order valence-corrected chi connectivity index (χ3v) is 3.51. The molecule has 1 amide bonds. The van der Waals surface area contributed by atoms with E-state index in [0.717, 1.165) is 0 Å². The summed E-state index contributed by atoms with van der Waals surface area (Å²) in [5.41, 5.74) is 0. The van der Waals surface area contributed by atoms with Gasteiger partial charge in [0.05, 0.1) is 27.8 Å². The first-order valence-electron chi connectivity index (χ1n) is 6.15. The molecule has 1 aromatic rings. The highest BCUT2D eigenvalue weighted by Gasteiger charge is 2.10. The van der Waals surface area contributed by atoms with Crippen molar-refractivity contribution in [3.05, 3.63) is 27.2 Å². The molecule has 0 bridgehead atoms. The minimum atomic E-state index is -0.610. The number of amides is 1. The summed E-state index contributed by atoms with van der Waals surface area (Å²) in [4.78, 5) is 11.6. The molecule has 2 N–H and O–H groups in total. The molecule has 5 nitrogen and oxygen atoms in total. The van der Waals surface area contributed by atoms with Crippen molar-refractivity contribution in [1.82, 2.24) is 5.32 Å². The summed E-state index contributed by atoms with van der Waals surface area (Å²) in [6.07, 6.45) is -0.214. The van der Waals surface area contributed by atoms with Gasteiger partial charge in [-0.3, -0.25) is 4.79 Å². The summed E-state index contributed by atoms with van der Waals surface area (Å²) < 4.78 is 10.0. The van der Waals surface area contributed by atoms with Crippen LogP contribution in [0.1, 0.15) is 6.42 Å². The maximum Gasteiger partial charge on any atom is 0.257 e. The van der Waals surface area contributed by atoms with Gasteiger partial charge >= 0.3 is 0 Å². The summed E-state index contributed by atoms with van der Waals surface area (Å²) in [6.45, 7) is 0.338. The highest BCUT2D eigenvalue weighted by atomic mass is 35.5. The first-order valence-corrected chi connectivity index (χ1v) is 7.28. The smallest absolute Gasteiger partial charge is 0.257 e. The summed E-state index contributed by atoms with van der Waals surface area (Å²) in [6, 6.07) is 2.89. The lowest BCUT2D eigenvalue weighted by Crippen LogP contribution is -2.32. The second-order valence-corrected chi connectivity index (χ2v) is 5.45. The molecule has 0 aliphatic rings. The van der Waals surface area contributed by atoms with Crippen LogP contribution in [0.15, 0.2) is 12.1 Å². The zero-order valence-corrected chi connectivity index (χ0v) is 13.6. The van der Waals surface area contributed by atoms with Gasteiger partial charge < -0.3 is 19.9 Å². The van der Waals surface area contributed by atoms with Gasteiger partial charge in [0, 0.05) is 19.7 Å². The van der Waals surface area contributed by atoms with E-state index in [1.54, 1.807) is 0 Å². The third-order valence-electron chi connectivity index (χ3n) is 2.49.